The molecule has 2 aromatic rings. The molecule has 3 N–H and O–H groups in total. The molecule has 0 saturated heterocycles. The number of fused-ring (bicyclic) bond motifs is 1. The van der Waals surface area contributed by atoms with Crippen molar-refractivity contribution in [3.8, 4) is 0 Å². The Kier molecular flexibility index (Phi) is 2.21. The van der Waals surface area contributed by atoms with Gasteiger partial charge in [-0.2, -0.15) is 5.10 Å². The first-order chi connectivity index (χ1) is 7.75. The van der Waals surface area contributed by atoms with Crippen molar-refractivity contribution in [2.75, 3.05) is 0 Å². The Bertz CT molecular complexity index is 509. The Morgan fingerprint density at radius 3 is 2.88 bits per heavy atom. The van der Waals surface area contributed by atoms with Gasteiger partial charge in [0, 0.05) is 23.0 Å². The van der Waals surface area contributed by atoms with Gasteiger partial charge in [0.05, 0.1) is 5.52 Å². The van der Waals surface area contributed by atoms with E-state index in [4.69, 9.17) is 5.73 Å². The highest BCUT2D eigenvalue weighted by molar-refractivity contribution is 5.82. The molecule has 1 heterocycles. The molecule has 3 rings (SSSR count). The Balaban J connectivity index is 2.11. The van der Waals surface area contributed by atoms with Crippen LogP contribution in [-0.4, -0.2) is 10.2 Å². The molecule has 1 aromatic carbocycles. The van der Waals surface area contributed by atoms with E-state index in [1.165, 1.54) is 35.9 Å². The van der Waals surface area contributed by atoms with E-state index in [0.717, 1.165) is 5.52 Å². The monoisotopic (exact) mass is 215 g/mol. The average molecular weight is 215 g/mol. The van der Waals surface area contributed by atoms with Crippen molar-refractivity contribution < 1.29 is 0 Å². The van der Waals surface area contributed by atoms with Gasteiger partial charge in [-0.15, -0.1) is 0 Å². The summed E-state index contributed by atoms with van der Waals surface area (Å²) in [7, 11) is 0. The highest BCUT2D eigenvalue weighted by Gasteiger charge is 2.23. The molecule has 0 spiro atoms. The van der Waals surface area contributed by atoms with Crippen molar-refractivity contribution >= 4 is 10.9 Å². The second kappa shape index (κ2) is 3.59. The summed E-state index contributed by atoms with van der Waals surface area (Å²) in [5.41, 5.74) is 9.48. The molecule has 0 amide bonds. The van der Waals surface area contributed by atoms with Gasteiger partial charge in [0.1, 0.15) is 0 Å². The van der Waals surface area contributed by atoms with Crippen LogP contribution in [0.5, 0.6) is 0 Å². The lowest BCUT2D eigenvalue weighted by atomic mass is 9.82. The van der Waals surface area contributed by atoms with Crippen LogP contribution < -0.4 is 5.73 Å². The van der Waals surface area contributed by atoms with E-state index in [1.807, 2.05) is 6.92 Å². The number of hydrogen-bond donors (Lipinski definition) is 2. The fourth-order valence-electron chi connectivity index (χ4n) is 2.34. The van der Waals surface area contributed by atoms with E-state index in [2.05, 4.69) is 28.4 Å². The van der Waals surface area contributed by atoms with Crippen LogP contribution in [0, 0.1) is 0 Å². The molecule has 84 valence electrons. The van der Waals surface area contributed by atoms with Crippen molar-refractivity contribution in [1.82, 2.24) is 10.2 Å². The zero-order valence-corrected chi connectivity index (χ0v) is 9.53. The Morgan fingerprint density at radius 1 is 1.44 bits per heavy atom. The van der Waals surface area contributed by atoms with Crippen molar-refractivity contribution in [2.45, 2.75) is 38.1 Å². The molecule has 1 atom stereocenters. The summed E-state index contributed by atoms with van der Waals surface area (Å²) in [4.78, 5) is 0. The molecule has 0 radical (unpaired) electrons. The predicted octanol–water partition coefficient (Wildman–Crippen LogP) is 2.85. The van der Waals surface area contributed by atoms with E-state index >= 15 is 0 Å². The van der Waals surface area contributed by atoms with Crippen LogP contribution in [0.25, 0.3) is 10.9 Å². The molecule has 16 heavy (non-hydrogen) atoms. The van der Waals surface area contributed by atoms with E-state index in [1.54, 1.807) is 0 Å². The number of H-pyrrole nitrogens is 1. The summed E-state index contributed by atoms with van der Waals surface area (Å²) in [5, 5.41) is 8.81. The first kappa shape index (κ1) is 9.85. The summed E-state index contributed by atoms with van der Waals surface area (Å²) in [5.74, 6) is 0.688. The van der Waals surface area contributed by atoms with Crippen LogP contribution in [0.2, 0.25) is 0 Å². The smallest absolute Gasteiger partial charge is 0.0924 e. The fraction of sp³-hybridized carbons (Fsp3) is 0.462. The quantitative estimate of drug-likeness (QED) is 0.809. The number of hydrogen-bond acceptors (Lipinski definition) is 2. The molecule has 1 unspecified atom stereocenters. The third kappa shape index (κ3) is 1.43. The zero-order valence-electron chi connectivity index (χ0n) is 9.53. The van der Waals surface area contributed by atoms with E-state index in [9.17, 15) is 0 Å². The van der Waals surface area contributed by atoms with Gasteiger partial charge >= 0.3 is 0 Å². The van der Waals surface area contributed by atoms with Crippen molar-refractivity contribution in [1.29, 1.82) is 0 Å². The topological polar surface area (TPSA) is 54.7 Å². The summed E-state index contributed by atoms with van der Waals surface area (Å²) in [6, 6.07) is 6.41. The van der Waals surface area contributed by atoms with Crippen molar-refractivity contribution in [2.24, 2.45) is 5.73 Å². The molecule has 1 saturated carbocycles. The SMILES string of the molecule is CC(N)c1ccc2n[nH]c(C3CCC3)c2c1. The lowest BCUT2D eigenvalue weighted by Crippen LogP contribution is -2.09. The standard InChI is InChI=1S/C13H17N3/c1-8(14)10-5-6-12-11(7-10)13(16-15-12)9-3-2-4-9/h5-9H,2-4,14H2,1H3,(H,15,16). The molecule has 3 nitrogen and oxygen atoms in total. The van der Waals surface area contributed by atoms with Gasteiger partial charge in [0.25, 0.3) is 0 Å². The summed E-state index contributed by atoms with van der Waals surface area (Å²) >= 11 is 0. The molecule has 3 heteroatoms. The molecule has 0 bridgehead atoms. The maximum absolute atomic E-state index is 5.92. The highest BCUT2D eigenvalue weighted by Crippen LogP contribution is 2.38. The largest absolute Gasteiger partial charge is 0.324 e. The van der Waals surface area contributed by atoms with Gasteiger partial charge in [0.15, 0.2) is 0 Å². The van der Waals surface area contributed by atoms with Crippen molar-refractivity contribution in [3.63, 3.8) is 0 Å². The van der Waals surface area contributed by atoms with Gasteiger partial charge in [-0.25, -0.2) is 0 Å². The van der Waals surface area contributed by atoms with Crippen LogP contribution in [0.15, 0.2) is 18.2 Å². The third-order valence-corrected chi connectivity index (χ3v) is 3.65. The number of aromatic nitrogens is 2. The van der Waals surface area contributed by atoms with Gasteiger partial charge in [-0.1, -0.05) is 12.5 Å². The van der Waals surface area contributed by atoms with Crippen LogP contribution >= 0.6 is 0 Å². The summed E-state index contributed by atoms with van der Waals surface area (Å²) < 4.78 is 0. The summed E-state index contributed by atoms with van der Waals surface area (Å²) in [6.45, 7) is 2.02. The number of nitrogens with two attached hydrogens (primary N) is 1. The normalized spacial score (nSPS) is 18.6. The van der Waals surface area contributed by atoms with Gasteiger partial charge < -0.3 is 5.73 Å². The van der Waals surface area contributed by atoms with Crippen LogP contribution in [0.1, 0.15) is 49.4 Å². The lowest BCUT2D eigenvalue weighted by molar-refractivity contribution is 0.413. The third-order valence-electron chi connectivity index (χ3n) is 3.65. The Labute approximate surface area is 95.0 Å². The first-order valence-corrected chi connectivity index (χ1v) is 5.99. The van der Waals surface area contributed by atoms with Crippen LogP contribution in [-0.2, 0) is 0 Å². The Morgan fingerprint density at radius 2 is 2.25 bits per heavy atom. The molecule has 1 aliphatic rings. The fourth-order valence-corrected chi connectivity index (χ4v) is 2.34. The van der Waals surface area contributed by atoms with Crippen LogP contribution in [0.4, 0.5) is 0 Å². The van der Waals surface area contributed by atoms with Gasteiger partial charge in [-0.05, 0) is 37.5 Å². The van der Waals surface area contributed by atoms with Crippen molar-refractivity contribution in [3.05, 3.63) is 29.5 Å². The molecular formula is C13H17N3. The second-order valence-corrected chi connectivity index (χ2v) is 4.83. The first-order valence-electron chi connectivity index (χ1n) is 5.99. The van der Waals surface area contributed by atoms with E-state index < -0.39 is 0 Å². The van der Waals surface area contributed by atoms with E-state index in [-0.39, 0.29) is 6.04 Å². The molecule has 1 aromatic heterocycles. The Hall–Kier alpha value is -1.35. The zero-order chi connectivity index (χ0) is 11.1. The number of nitrogens with zero attached hydrogens (tertiary/aromatic N) is 1. The molecule has 1 aliphatic carbocycles. The van der Waals surface area contributed by atoms with E-state index in [0.29, 0.717) is 5.92 Å². The average Bonchev–Trinajstić information content (AvgIpc) is 2.59. The maximum atomic E-state index is 5.92. The molecule has 0 aliphatic heterocycles. The highest BCUT2D eigenvalue weighted by atomic mass is 15.1. The number of rotatable bonds is 2. The number of nitrogens with one attached hydrogen (secondary N) is 1. The minimum atomic E-state index is 0.0912. The molecular weight excluding hydrogens is 198 g/mol. The van der Waals surface area contributed by atoms with Crippen LogP contribution in [0.3, 0.4) is 0 Å². The summed E-state index contributed by atoms with van der Waals surface area (Å²) in [6.07, 6.45) is 3.93. The van der Waals surface area contributed by atoms with Gasteiger partial charge in [0.2, 0.25) is 0 Å². The minimum Gasteiger partial charge on any atom is -0.324 e. The predicted molar refractivity (Wildman–Crippen MR) is 65.3 cm³/mol. The maximum Gasteiger partial charge on any atom is 0.0924 e. The second-order valence-electron chi connectivity index (χ2n) is 4.83. The minimum absolute atomic E-state index is 0.0912. The molecule has 1 fully saturated rings. The number of aromatic amines is 1. The number of benzene rings is 1. The van der Waals surface area contributed by atoms with Gasteiger partial charge in [-0.3, -0.25) is 5.10 Å². The lowest BCUT2D eigenvalue weighted by Gasteiger charge is -2.24.